The Balaban J connectivity index is 2.59. The predicted molar refractivity (Wildman–Crippen MR) is 71.2 cm³/mol. The molecule has 2 unspecified atom stereocenters. The highest BCUT2D eigenvalue weighted by atomic mass is 127. The maximum Gasteiger partial charge on any atom is 0.156 e. The molecule has 76 valence electrons. The standard InChI is InChI=1S/C11H12BrIO/c1-8(7-10(14)11(12)13)9-5-3-2-4-6-9/h2-6,8,11H,7H2,1H3. The molecule has 0 heterocycles. The molecule has 0 bridgehead atoms. The highest BCUT2D eigenvalue weighted by molar-refractivity contribution is 14.1. The Morgan fingerprint density at radius 2 is 2.00 bits per heavy atom. The molecule has 0 aliphatic heterocycles. The number of benzene rings is 1. The average molecular weight is 367 g/mol. The monoisotopic (exact) mass is 366 g/mol. The van der Waals surface area contributed by atoms with E-state index in [0.717, 1.165) is 0 Å². The summed E-state index contributed by atoms with van der Waals surface area (Å²) < 4.78 is -0.0636. The third kappa shape index (κ3) is 3.69. The number of carbonyl (C=O) groups excluding carboxylic acids is 1. The minimum Gasteiger partial charge on any atom is -0.298 e. The molecule has 0 spiro atoms. The summed E-state index contributed by atoms with van der Waals surface area (Å²) in [5.41, 5.74) is 1.23. The van der Waals surface area contributed by atoms with Gasteiger partial charge in [-0.05, 0) is 11.5 Å². The van der Waals surface area contributed by atoms with E-state index >= 15 is 0 Å². The van der Waals surface area contributed by atoms with Crippen LogP contribution >= 0.6 is 38.5 Å². The fourth-order valence-corrected chi connectivity index (χ4v) is 1.73. The van der Waals surface area contributed by atoms with Gasteiger partial charge in [0.05, 0.1) is 0 Å². The van der Waals surface area contributed by atoms with E-state index in [9.17, 15) is 4.79 Å². The van der Waals surface area contributed by atoms with E-state index in [2.05, 4.69) is 57.6 Å². The smallest absolute Gasteiger partial charge is 0.156 e. The van der Waals surface area contributed by atoms with Gasteiger partial charge in [0.2, 0.25) is 0 Å². The number of carbonyl (C=O) groups is 1. The van der Waals surface area contributed by atoms with Crippen LogP contribution in [0.2, 0.25) is 0 Å². The van der Waals surface area contributed by atoms with Gasteiger partial charge in [-0.3, -0.25) is 4.79 Å². The van der Waals surface area contributed by atoms with E-state index in [1.54, 1.807) is 0 Å². The molecule has 0 saturated heterocycles. The Labute approximate surface area is 107 Å². The highest BCUT2D eigenvalue weighted by Crippen LogP contribution is 2.22. The number of rotatable bonds is 4. The number of ketones is 1. The van der Waals surface area contributed by atoms with E-state index in [1.165, 1.54) is 5.56 Å². The van der Waals surface area contributed by atoms with E-state index in [1.807, 2.05) is 18.2 Å². The summed E-state index contributed by atoms with van der Waals surface area (Å²) in [4.78, 5) is 11.5. The maximum absolute atomic E-state index is 11.5. The number of halogens is 2. The van der Waals surface area contributed by atoms with Crippen LogP contribution in [-0.2, 0) is 4.79 Å². The zero-order chi connectivity index (χ0) is 10.6. The second-order valence-corrected chi connectivity index (χ2v) is 7.16. The first-order chi connectivity index (χ1) is 6.61. The molecule has 0 N–H and O–H groups in total. The molecule has 0 fully saturated rings. The van der Waals surface area contributed by atoms with Gasteiger partial charge in [0.1, 0.15) is 2.83 Å². The van der Waals surface area contributed by atoms with E-state index < -0.39 is 0 Å². The summed E-state index contributed by atoms with van der Waals surface area (Å²) in [5.74, 6) is 0.556. The molecule has 0 radical (unpaired) electrons. The second kappa shape index (κ2) is 5.85. The van der Waals surface area contributed by atoms with Crippen molar-refractivity contribution in [3.63, 3.8) is 0 Å². The molecule has 1 aromatic rings. The van der Waals surface area contributed by atoms with Crippen LogP contribution in [0.25, 0.3) is 0 Å². The fourth-order valence-electron chi connectivity index (χ4n) is 1.29. The number of hydrogen-bond donors (Lipinski definition) is 0. The van der Waals surface area contributed by atoms with Gasteiger partial charge in [-0.15, -0.1) is 0 Å². The number of alkyl halides is 2. The first kappa shape index (κ1) is 12.2. The Morgan fingerprint density at radius 3 is 2.50 bits per heavy atom. The SMILES string of the molecule is CC(CC(=O)C(Br)I)c1ccccc1. The normalized spacial score (nSPS) is 14.8. The van der Waals surface area contributed by atoms with Crippen LogP contribution in [-0.4, -0.2) is 8.62 Å². The molecule has 1 aromatic carbocycles. The average Bonchev–Trinajstić information content (AvgIpc) is 2.19. The van der Waals surface area contributed by atoms with Crippen LogP contribution in [0.15, 0.2) is 30.3 Å². The lowest BCUT2D eigenvalue weighted by molar-refractivity contribution is -0.117. The molecule has 0 aliphatic carbocycles. The molecule has 0 amide bonds. The van der Waals surface area contributed by atoms with Crippen molar-refractivity contribution in [2.45, 2.75) is 22.1 Å². The summed E-state index contributed by atoms with van der Waals surface area (Å²) in [7, 11) is 0. The van der Waals surface area contributed by atoms with Crippen LogP contribution in [0, 0.1) is 0 Å². The van der Waals surface area contributed by atoms with Gasteiger partial charge in [0.15, 0.2) is 5.78 Å². The Bertz CT molecular complexity index is 297. The summed E-state index contributed by atoms with van der Waals surface area (Å²) in [6, 6.07) is 10.1. The fraction of sp³-hybridized carbons (Fsp3) is 0.364. The van der Waals surface area contributed by atoms with E-state index in [4.69, 9.17) is 0 Å². The lowest BCUT2D eigenvalue weighted by Gasteiger charge is -2.11. The third-order valence-electron chi connectivity index (χ3n) is 2.12. The van der Waals surface area contributed by atoms with E-state index in [-0.39, 0.29) is 8.62 Å². The molecular weight excluding hydrogens is 355 g/mol. The van der Waals surface area contributed by atoms with Crippen molar-refractivity contribution < 1.29 is 4.79 Å². The lowest BCUT2D eigenvalue weighted by atomic mass is 9.96. The maximum atomic E-state index is 11.5. The first-order valence-electron chi connectivity index (χ1n) is 4.47. The van der Waals surface area contributed by atoms with Gasteiger partial charge in [-0.2, -0.15) is 0 Å². The van der Waals surface area contributed by atoms with Crippen molar-refractivity contribution in [1.29, 1.82) is 0 Å². The van der Waals surface area contributed by atoms with Crippen molar-refractivity contribution in [2.75, 3.05) is 0 Å². The predicted octanol–water partition coefficient (Wildman–Crippen LogP) is 3.91. The van der Waals surface area contributed by atoms with Gasteiger partial charge in [-0.25, -0.2) is 0 Å². The molecule has 0 aliphatic rings. The second-order valence-electron chi connectivity index (χ2n) is 3.28. The van der Waals surface area contributed by atoms with Gasteiger partial charge < -0.3 is 0 Å². The Kier molecular flexibility index (Phi) is 5.09. The molecule has 3 heteroatoms. The van der Waals surface area contributed by atoms with Crippen LogP contribution in [0.4, 0.5) is 0 Å². The van der Waals surface area contributed by atoms with Crippen LogP contribution in [0.3, 0.4) is 0 Å². The van der Waals surface area contributed by atoms with Gasteiger partial charge in [0.25, 0.3) is 0 Å². The van der Waals surface area contributed by atoms with Crippen molar-refractivity contribution >= 4 is 44.3 Å². The van der Waals surface area contributed by atoms with Gasteiger partial charge >= 0.3 is 0 Å². The molecule has 0 saturated carbocycles. The molecule has 1 rings (SSSR count). The minimum absolute atomic E-state index is 0.0636. The van der Waals surface area contributed by atoms with E-state index in [0.29, 0.717) is 12.3 Å². The lowest BCUT2D eigenvalue weighted by Crippen LogP contribution is -2.10. The topological polar surface area (TPSA) is 17.1 Å². The van der Waals surface area contributed by atoms with Gasteiger partial charge in [0, 0.05) is 6.42 Å². The zero-order valence-corrected chi connectivity index (χ0v) is 11.7. The summed E-state index contributed by atoms with van der Waals surface area (Å²) >= 11 is 5.37. The first-order valence-corrected chi connectivity index (χ1v) is 6.63. The van der Waals surface area contributed by atoms with Gasteiger partial charge in [-0.1, -0.05) is 75.8 Å². The van der Waals surface area contributed by atoms with Crippen molar-refractivity contribution in [3.05, 3.63) is 35.9 Å². The van der Waals surface area contributed by atoms with Crippen molar-refractivity contribution in [3.8, 4) is 0 Å². The minimum atomic E-state index is -0.0636. The largest absolute Gasteiger partial charge is 0.298 e. The van der Waals surface area contributed by atoms with Crippen LogP contribution < -0.4 is 0 Å². The quantitative estimate of drug-likeness (QED) is 0.583. The summed E-state index contributed by atoms with van der Waals surface area (Å²) in [6.07, 6.45) is 0.600. The molecular formula is C11H12BrIO. The third-order valence-corrected chi connectivity index (χ3v) is 3.32. The highest BCUT2D eigenvalue weighted by Gasteiger charge is 2.15. The van der Waals surface area contributed by atoms with Crippen molar-refractivity contribution in [2.24, 2.45) is 0 Å². The molecule has 2 atom stereocenters. The summed E-state index contributed by atoms with van der Waals surface area (Å²) in [6.45, 7) is 2.08. The number of hydrogen-bond acceptors (Lipinski definition) is 1. The van der Waals surface area contributed by atoms with Crippen LogP contribution in [0.1, 0.15) is 24.8 Å². The Morgan fingerprint density at radius 1 is 1.43 bits per heavy atom. The number of Topliss-reactive ketones (excluding diaryl/α,β-unsaturated/α-hetero) is 1. The Hall–Kier alpha value is 0.1000. The summed E-state index contributed by atoms with van der Waals surface area (Å²) in [5, 5.41) is 0. The molecule has 1 nitrogen and oxygen atoms in total. The van der Waals surface area contributed by atoms with Crippen LogP contribution in [0.5, 0.6) is 0 Å². The molecule has 14 heavy (non-hydrogen) atoms. The molecule has 0 aromatic heterocycles. The zero-order valence-electron chi connectivity index (χ0n) is 7.91. The van der Waals surface area contributed by atoms with Crippen molar-refractivity contribution in [1.82, 2.24) is 0 Å².